The molecule has 1 atom stereocenters. The van der Waals surface area contributed by atoms with Crippen molar-refractivity contribution in [2.24, 2.45) is 0 Å². The van der Waals surface area contributed by atoms with Crippen molar-refractivity contribution in [3.63, 3.8) is 0 Å². The fraction of sp³-hybridized carbons (Fsp3) is 0.409. The molecule has 5 nitrogen and oxygen atoms in total. The molecule has 1 amide bonds. The van der Waals surface area contributed by atoms with Crippen LogP contribution in [0.3, 0.4) is 0 Å². The van der Waals surface area contributed by atoms with E-state index in [1.54, 1.807) is 6.92 Å². The van der Waals surface area contributed by atoms with E-state index in [9.17, 15) is 26.4 Å². The van der Waals surface area contributed by atoms with Crippen molar-refractivity contribution in [2.45, 2.75) is 44.8 Å². The number of amides is 1. The highest BCUT2D eigenvalue weighted by Crippen LogP contribution is 2.37. The van der Waals surface area contributed by atoms with Gasteiger partial charge in [-0.05, 0) is 67.5 Å². The Morgan fingerprint density at radius 2 is 1.78 bits per heavy atom. The largest absolute Gasteiger partial charge is 0.417 e. The molecule has 0 fully saturated rings. The van der Waals surface area contributed by atoms with Crippen LogP contribution in [-0.2, 0) is 33.8 Å². The lowest BCUT2D eigenvalue weighted by Gasteiger charge is -2.25. The smallest absolute Gasteiger partial charge is 0.348 e. The molecule has 1 aliphatic rings. The van der Waals surface area contributed by atoms with Crippen molar-refractivity contribution in [1.29, 1.82) is 0 Å². The minimum Gasteiger partial charge on any atom is -0.348 e. The lowest BCUT2D eigenvalue weighted by atomic mass is 9.89. The number of benzene rings is 2. The zero-order valence-corrected chi connectivity index (χ0v) is 19.2. The third-order valence-electron chi connectivity index (χ3n) is 5.48. The van der Waals surface area contributed by atoms with Crippen LogP contribution in [0.2, 0.25) is 5.02 Å². The van der Waals surface area contributed by atoms with Gasteiger partial charge in [-0.2, -0.15) is 13.2 Å². The molecule has 0 aromatic heterocycles. The molecule has 0 saturated carbocycles. The quantitative estimate of drug-likeness (QED) is 0.630. The molecule has 0 radical (unpaired) electrons. The van der Waals surface area contributed by atoms with Crippen LogP contribution in [0.15, 0.2) is 36.4 Å². The summed E-state index contributed by atoms with van der Waals surface area (Å²) < 4.78 is 64.8. The summed E-state index contributed by atoms with van der Waals surface area (Å²) in [5.74, 6) is -0.635. The Labute approximate surface area is 190 Å². The van der Waals surface area contributed by atoms with E-state index in [0.29, 0.717) is 10.4 Å². The number of fused-ring (bicyclic) bond motifs is 1. The Kier molecular flexibility index (Phi) is 7.09. The lowest BCUT2D eigenvalue weighted by Crippen LogP contribution is -2.41. The van der Waals surface area contributed by atoms with Crippen LogP contribution < -0.4 is 9.62 Å². The fourth-order valence-corrected chi connectivity index (χ4v) is 4.88. The minimum absolute atomic E-state index is 0.291. The van der Waals surface area contributed by atoms with E-state index >= 15 is 0 Å². The molecule has 3 rings (SSSR count). The number of anilines is 1. The van der Waals surface area contributed by atoms with E-state index in [2.05, 4.69) is 5.32 Å². The lowest BCUT2D eigenvalue weighted by molar-refractivity contribution is -0.137. The van der Waals surface area contributed by atoms with Gasteiger partial charge in [-0.1, -0.05) is 29.8 Å². The van der Waals surface area contributed by atoms with Crippen molar-refractivity contribution < 1.29 is 26.4 Å². The average Bonchev–Trinajstić information content (AvgIpc) is 2.70. The van der Waals surface area contributed by atoms with Crippen LogP contribution in [0.4, 0.5) is 18.9 Å². The summed E-state index contributed by atoms with van der Waals surface area (Å²) in [5, 5.41) is 2.18. The van der Waals surface area contributed by atoms with Crippen LogP contribution in [0.1, 0.15) is 48.1 Å². The average molecular weight is 489 g/mol. The first-order chi connectivity index (χ1) is 14.9. The summed E-state index contributed by atoms with van der Waals surface area (Å²) in [6, 6.07) is 8.35. The minimum atomic E-state index is -4.76. The molecule has 0 spiro atoms. The summed E-state index contributed by atoms with van der Waals surface area (Å²) >= 11 is 5.63. The van der Waals surface area contributed by atoms with E-state index in [0.717, 1.165) is 49.6 Å². The SMILES string of the molecule is C[C@H](NC(=O)CN(c1ccc(Cl)c(C(F)(F)F)c1)S(C)(=O)=O)c1ccc2c(c1)CCCC2. The van der Waals surface area contributed by atoms with Gasteiger partial charge in [0.25, 0.3) is 0 Å². The van der Waals surface area contributed by atoms with Gasteiger partial charge in [0.05, 0.1) is 28.6 Å². The summed E-state index contributed by atoms with van der Waals surface area (Å²) in [5.41, 5.74) is 1.96. The van der Waals surface area contributed by atoms with E-state index in [4.69, 9.17) is 11.6 Å². The normalized spacial score (nSPS) is 15.1. The van der Waals surface area contributed by atoms with E-state index in [-0.39, 0.29) is 5.69 Å². The Morgan fingerprint density at radius 3 is 2.41 bits per heavy atom. The number of halogens is 4. The second-order valence-corrected chi connectivity index (χ2v) is 10.3. The van der Waals surface area contributed by atoms with Crippen molar-refractivity contribution in [1.82, 2.24) is 5.32 Å². The Morgan fingerprint density at radius 1 is 1.12 bits per heavy atom. The first kappa shape index (κ1) is 24.4. The highest BCUT2D eigenvalue weighted by atomic mass is 35.5. The maximum absolute atomic E-state index is 13.2. The molecule has 2 aromatic carbocycles. The van der Waals surface area contributed by atoms with Crippen molar-refractivity contribution >= 4 is 33.2 Å². The molecule has 32 heavy (non-hydrogen) atoms. The number of sulfonamides is 1. The predicted molar refractivity (Wildman–Crippen MR) is 118 cm³/mol. The second-order valence-electron chi connectivity index (χ2n) is 7.96. The van der Waals surface area contributed by atoms with E-state index < -0.39 is 45.3 Å². The van der Waals surface area contributed by atoms with E-state index in [1.165, 1.54) is 11.1 Å². The molecule has 0 bridgehead atoms. The number of aryl methyl sites for hydroxylation is 2. The fourth-order valence-electron chi connectivity index (χ4n) is 3.81. The second kappa shape index (κ2) is 9.31. The number of carbonyl (C=O) groups is 1. The van der Waals surface area contributed by atoms with Gasteiger partial charge < -0.3 is 5.32 Å². The van der Waals surface area contributed by atoms with Gasteiger partial charge in [0.2, 0.25) is 15.9 Å². The Balaban J connectivity index is 1.79. The zero-order chi connectivity index (χ0) is 23.7. The maximum atomic E-state index is 13.2. The van der Waals surface area contributed by atoms with Gasteiger partial charge in [0, 0.05) is 0 Å². The summed E-state index contributed by atoms with van der Waals surface area (Å²) in [4.78, 5) is 12.6. The highest BCUT2D eigenvalue weighted by Gasteiger charge is 2.34. The molecule has 174 valence electrons. The maximum Gasteiger partial charge on any atom is 0.417 e. The molecule has 1 N–H and O–H groups in total. The number of alkyl halides is 3. The van der Waals surface area contributed by atoms with Crippen LogP contribution in [0.5, 0.6) is 0 Å². The predicted octanol–water partition coefficient (Wildman–Crippen LogP) is 4.88. The molecule has 1 aliphatic carbocycles. The molecule has 0 saturated heterocycles. The van der Waals surface area contributed by atoms with Gasteiger partial charge in [0.1, 0.15) is 6.54 Å². The standard InChI is InChI=1S/C22H24ClF3N2O3S/c1-14(16-8-7-15-5-3-4-6-17(15)11-16)27-21(29)13-28(32(2,30)31)18-9-10-20(23)19(12-18)22(24,25)26/h7-12,14H,3-6,13H2,1-2H3,(H,27,29)/t14-/m0/s1. The molecular weight excluding hydrogens is 465 g/mol. The monoisotopic (exact) mass is 488 g/mol. The number of nitrogens with one attached hydrogen (secondary N) is 1. The van der Waals surface area contributed by atoms with Gasteiger partial charge in [-0.3, -0.25) is 9.10 Å². The van der Waals surface area contributed by atoms with Crippen LogP contribution in [0.25, 0.3) is 0 Å². The molecule has 0 unspecified atom stereocenters. The number of carbonyl (C=O) groups excluding carboxylic acids is 1. The first-order valence-corrected chi connectivity index (χ1v) is 12.3. The molecular formula is C22H24ClF3N2O3S. The number of nitrogens with zero attached hydrogens (tertiary/aromatic N) is 1. The van der Waals surface area contributed by atoms with Gasteiger partial charge in [-0.15, -0.1) is 0 Å². The Hall–Kier alpha value is -2.26. The third kappa shape index (κ3) is 5.75. The Bertz CT molecular complexity index is 1120. The van der Waals surface area contributed by atoms with Gasteiger partial charge in [-0.25, -0.2) is 8.42 Å². The number of hydrogen-bond donors (Lipinski definition) is 1. The summed E-state index contributed by atoms with van der Waals surface area (Å²) in [6.45, 7) is 1.12. The van der Waals surface area contributed by atoms with Gasteiger partial charge in [0.15, 0.2) is 0 Å². The van der Waals surface area contributed by atoms with E-state index in [1.807, 2.05) is 18.2 Å². The van der Waals surface area contributed by atoms with Crippen LogP contribution in [0, 0.1) is 0 Å². The van der Waals surface area contributed by atoms with Crippen LogP contribution in [-0.4, -0.2) is 27.1 Å². The summed E-state index contributed by atoms with van der Waals surface area (Å²) in [7, 11) is -4.04. The molecule has 10 heteroatoms. The molecule has 0 heterocycles. The highest BCUT2D eigenvalue weighted by molar-refractivity contribution is 7.92. The van der Waals surface area contributed by atoms with Crippen LogP contribution >= 0.6 is 11.6 Å². The third-order valence-corrected chi connectivity index (χ3v) is 6.95. The van der Waals surface area contributed by atoms with Crippen molar-refractivity contribution in [2.75, 3.05) is 17.1 Å². The molecule has 2 aromatic rings. The number of hydrogen-bond acceptors (Lipinski definition) is 3. The topological polar surface area (TPSA) is 66.5 Å². The van der Waals surface area contributed by atoms with Crippen molar-refractivity contribution in [3.05, 3.63) is 63.7 Å². The molecule has 0 aliphatic heterocycles. The number of rotatable bonds is 6. The first-order valence-electron chi connectivity index (χ1n) is 10.1. The van der Waals surface area contributed by atoms with Gasteiger partial charge >= 0.3 is 6.18 Å². The van der Waals surface area contributed by atoms with Crippen molar-refractivity contribution in [3.8, 4) is 0 Å². The zero-order valence-electron chi connectivity index (χ0n) is 17.7. The summed E-state index contributed by atoms with van der Waals surface area (Å²) in [6.07, 6.45) is 0.335.